The first-order valence-electron chi connectivity index (χ1n) is 9.67. The zero-order chi connectivity index (χ0) is 23.3. The Balaban J connectivity index is 1.88. The van der Waals surface area contributed by atoms with Crippen molar-refractivity contribution in [2.24, 2.45) is 0 Å². The number of aliphatic hydroxyl groups excluding tert-OH is 1. The molecule has 0 saturated heterocycles. The predicted octanol–water partition coefficient (Wildman–Crippen LogP) is 4.14. The fourth-order valence-electron chi connectivity index (χ4n) is 3.42. The quantitative estimate of drug-likeness (QED) is 0.512. The maximum absolute atomic E-state index is 12.7. The van der Waals surface area contributed by atoms with Gasteiger partial charge >= 0.3 is 12.1 Å². The number of rotatable bonds is 7. The van der Waals surface area contributed by atoms with Crippen LogP contribution >= 0.6 is 0 Å². The molecule has 166 valence electrons. The second-order valence-corrected chi connectivity index (χ2v) is 7.15. The molecule has 3 N–H and O–H groups in total. The number of carbonyl (C=O) groups is 2. The van der Waals surface area contributed by atoms with Gasteiger partial charge in [-0.1, -0.05) is 72.8 Å². The Morgan fingerprint density at radius 1 is 0.750 bits per heavy atom. The minimum atomic E-state index is -4.56. The van der Waals surface area contributed by atoms with Crippen LogP contribution in [-0.2, 0) is 15.8 Å². The Morgan fingerprint density at radius 3 is 1.62 bits per heavy atom. The highest BCUT2D eigenvalue weighted by Gasteiger charge is 2.34. The SMILES string of the molecule is O=C(N[C@H](C(=O)O)C(c1ccccc1)c1ccccc1)[C@@H](O)c1ccc(C(F)(F)F)cc1. The van der Waals surface area contributed by atoms with Crippen molar-refractivity contribution in [3.63, 3.8) is 0 Å². The second kappa shape index (κ2) is 9.65. The molecule has 1 amide bonds. The van der Waals surface area contributed by atoms with E-state index in [0.717, 1.165) is 24.3 Å². The zero-order valence-corrected chi connectivity index (χ0v) is 16.7. The minimum Gasteiger partial charge on any atom is -0.480 e. The molecular formula is C24H20F3NO4. The first-order chi connectivity index (χ1) is 15.2. The van der Waals surface area contributed by atoms with E-state index in [9.17, 15) is 33.0 Å². The van der Waals surface area contributed by atoms with Crippen LogP contribution in [0.4, 0.5) is 13.2 Å². The fraction of sp³-hybridized carbons (Fsp3) is 0.167. The van der Waals surface area contributed by atoms with Gasteiger partial charge in [-0.15, -0.1) is 0 Å². The van der Waals surface area contributed by atoms with Crippen molar-refractivity contribution in [1.82, 2.24) is 5.32 Å². The van der Waals surface area contributed by atoms with Crippen molar-refractivity contribution >= 4 is 11.9 Å². The second-order valence-electron chi connectivity index (χ2n) is 7.15. The molecule has 0 spiro atoms. The number of halogens is 3. The van der Waals surface area contributed by atoms with Gasteiger partial charge in [-0.05, 0) is 28.8 Å². The van der Waals surface area contributed by atoms with Gasteiger partial charge in [-0.3, -0.25) is 4.79 Å². The normalized spacial score (nSPS) is 13.4. The molecule has 0 aliphatic heterocycles. The summed E-state index contributed by atoms with van der Waals surface area (Å²) in [5, 5.41) is 22.6. The summed E-state index contributed by atoms with van der Waals surface area (Å²) in [6, 6.07) is 19.4. The Bertz CT molecular complexity index is 1010. The van der Waals surface area contributed by atoms with E-state index in [1.54, 1.807) is 60.7 Å². The molecule has 0 bridgehead atoms. The van der Waals surface area contributed by atoms with Gasteiger partial charge in [0.1, 0.15) is 6.04 Å². The van der Waals surface area contributed by atoms with Crippen molar-refractivity contribution in [1.29, 1.82) is 0 Å². The number of carboxylic acids is 1. The Hall–Kier alpha value is -3.65. The molecule has 5 nitrogen and oxygen atoms in total. The Labute approximate surface area is 182 Å². The highest BCUT2D eigenvalue weighted by molar-refractivity contribution is 5.88. The van der Waals surface area contributed by atoms with Crippen LogP contribution in [-0.4, -0.2) is 28.1 Å². The van der Waals surface area contributed by atoms with E-state index >= 15 is 0 Å². The fourth-order valence-corrected chi connectivity index (χ4v) is 3.42. The van der Waals surface area contributed by atoms with Gasteiger partial charge in [-0.25, -0.2) is 4.79 Å². The van der Waals surface area contributed by atoms with E-state index in [1.807, 2.05) is 0 Å². The molecule has 0 fully saturated rings. The van der Waals surface area contributed by atoms with Crippen molar-refractivity contribution in [2.45, 2.75) is 24.2 Å². The lowest BCUT2D eigenvalue weighted by molar-refractivity contribution is -0.144. The number of hydrogen-bond donors (Lipinski definition) is 3. The molecule has 0 unspecified atom stereocenters. The molecule has 0 saturated carbocycles. The van der Waals surface area contributed by atoms with E-state index in [4.69, 9.17) is 0 Å². The van der Waals surface area contributed by atoms with E-state index in [-0.39, 0.29) is 5.56 Å². The third-order valence-electron chi connectivity index (χ3n) is 5.02. The lowest BCUT2D eigenvalue weighted by Gasteiger charge is -2.27. The summed E-state index contributed by atoms with van der Waals surface area (Å²) in [4.78, 5) is 24.8. The first-order valence-corrected chi connectivity index (χ1v) is 9.67. The molecule has 0 radical (unpaired) electrons. The van der Waals surface area contributed by atoms with Crippen LogP contribution in [0.25, 0.3) is 0 Å². The molecule has 3 rings (SSSR count). The molecule has 3 aromatic carbocycles. The average Bonchev–Trinajstić information content (AvgIpc) is 2.79. The third-order valence-corrected chi connectivity index (χ3v) is 5.02. The van der Waals surface area contributed by atoms with Gasteiger partial charge in [0.2, 0.25) is 0 Å². The lowest BCUT2D eigenvalue weighted by Crippen LogP contribution is -2.47. The van der Waals surface area contributed by atoms with Crippen LogP contribution in [0.15, 0.2) is 84.9 Å². The van der Waals surface area contributed by atoms with E-state index in [2.05, 4.69) is 5.32 Å². The summed E-state index contributed by atoms with van der Waals surface area (Å²) in [6.07, 6.45) is -6.40. The van der Waals surface area contributed by atoms with Crippen molar-refractivity contribution in [3.8, 4) is 0 Å². The van der Waals surface area contributed by atoms with Gasteiger partial charge < -0.3 is 15.5 Å². The molecular weight excluding hydrogens is 423 g/mol. The number of alkyl halides is 3. The Kier molecular flexibility index (Phi) is 6.95. The molecule has 3 aromatic rings. The number of hydrogen-bond acceptors (Lipinski definition) is 3. The number of amides is 1. The number of carboxylic acid groups (broad SMARTS) is 1. The maximum atomic E-state index is 12.7. The number of aliphatic carboxylic acids is 1. The molecule has 8 heteroatoms. The summed E-state index contributed by atoms with van der Waals surface area (Å²) < 4.78 is 38.2. The molecule has 2 atom stereocenters. The van der Waals surface area contributed by atoms with Gasteiger partial charge in [0, 0.05) is 5.92 Å². The molecule has 32 heavy (non-hydrogen) atoms. The minimum absolute atomic E-state index is 0.0874. The number of nitrogens with one attached hydrogen (secondary N) is 1. The molecule has 0 aliphatic carbocycles. The first kappa shape index (κ1) is 23.0. The van der Waals surface area contributed by atoms with Gasteiger partial charge in [-0.2, -0.15) is 13.2 Å². The number of carbonyl (C=O) groups excluding carboxylic acids is 1. The van der Waals surface area contributed by atoms with Crippen LogP contribution in [0.2, 0.25) is 0 Å². The number of benzene rings is 3. The van der Waals surface area contributed by atoms with Crippen LogP contribution in [0.3, 0.4) is 0 Å². The maximum Gasteiger partial charge on any atom is 0.416 e. The van der Waals surface area contributed by atoms with Gasteiger partial charge in [0.05, 0.1) is 5.56 Å². The zero-order valence-electron chi connectivity index (χ0n) is 16.7. The monoisotopic (exact) mass is 443 g/mol. The van der Waals surface area contributed by atoms with Gasteiger partial charge in [0.15, 0.2) is 6.10 Å². The van der Waals surface area contributed by atoms with Crippen molar-refractivity contribution < 1.29 is 33.0 Å². The van der Waals surface area contributed by atoms with Crippen LogP contribution in [0, 0.1) is 0 Å². The summed E-state index contributed by atoms with van der Waals surface area (Å²) in [7, 11) is 0. The lowest BCUT2D eigenvalue weighted by atomic mass is 9.84. The van der Waals surface area contributed by atoms with Crippen LogP contribution in [0.1, 0.15) is 34.3 Å². The summed E-state index contributed by atoms with van der Waals surface area (Å²) in [6.45, 7) is 0. The highest BCUT2D eigenvalue weighted by atomic mass is 19.4. The third kappa shape index (κ3) is 5.33. The molecule has 0 heterocycles. The predicted molar refractivity (Wildman–Crippen MR) is 111 cm³/mol. The Morgan fingerprint density at radius 2 is 1.22 bits per heavy atom. The van der Waals surface area contributed by atoms with Crippen LogP contribution in [0.5, 0.6) is 0 Å². The van der Waals surface area contributed by atoms with Crippen molar-refractivity contribution in [2.75, 3.05) is 0 Å². The smallest absolute Gasteiger partial charge is 0.416 e. The topological polar surface area (TPSA) is 86.6 Å². The summed E-state index contributed by atoms with van der Waals surface area (Å²) in [5.74, 6) is -3.12. The van der Waals surface area contributed by atoms with E-state index in [1.165, 1.54) is 0 Å². The van der Waals surface area contributed by atoms with Gasteiger partial charge in [0.25, 0.3) is 5.91 Å². The average molecular weight is 443 g/mol. The summed E-state index contributed by atoms with van der Waals surface area (Å²) in [5.41, 5.74) is 0.256. The summed E-state index contributed by atoms with van der Waals surface area (Å²) >= 11 is 0. The van der Waals surface area contributed by atoms with Crippen LogP contribution < -0.4 is 5.32 Å². The largest absolute Gasteiger partial charge is 0.480 e. The highest BCUT2D eigenvalue weighted by Crippen LogP contribution is 2.31. The standard InChI is InChI=1S/C24H20F3NO4/c25-24(26,27)18-13-11-17(12-14-18)21(29)22(30)28-20(23(31)32)19(15-7-3-1-4-8-15)16-9-5-2-6-10-16/h1-14,19-21,29H,(H,28,30)(H,31,32)/t20-,21-/m0/s1. The van der Waals surface area contributed by atoms with E-state index in [0.29, 0.717) is 11.1 Å². The molecule has 0 aliphatic rings. The molecule has 0 aromatic heterocycles. The number of aliphatic hydroxyl groups is 1. The van der Waals surface area contributed by atoms with Crippen molar-refractivity contribution in [3.05, 3.63) is 107 Å². The van der Waals surface area contributed by atoms with E-state index < -0.39 is 41.7 Å².